The SMILES string of the molecule is CN1CCO[C@@H](CNC2CCC2)C1. The summed E-state index contributed by atoms with van der Waals surface area (Å²) in [7, 11) is 2.17. The Balaban J connectivity index is 1.62. The molecule has 1 heterocycles. The number of likely N-dealkylation sites (N-methyl/N-ethyl adjacent to an activating group) is 1. The van der Waals surface area contributed by atoms with E-state index in [-0.39, 0.29) is 0 Å². The molecule has 0 amide bonds. The van der Waals surface area contributed by atoms with Gasteiger partial charge in [-0.15, -0.1) is 0 Å². The van der Waals surface area contributed by atoms with Gasteiger partial charge in [0.15, 0.2) is 0 Å². The Morgan fingerprint density at radius 1 is 1.46 bits per heavy atom. The lowest BCUT2D eigenvalue weighted by atomic mass is 9.93. The van der Waals surface area contributed by atoms with Gasteiger partial charge in [0, 0.05) is 25.7 Å². The van der Waals surface area contributed by atoms with Crippen molar-refractivity contribution in [1.82, 2.24) is 10.2 Å². The lowest BCUT2D eigenvalue weighted by molar-refractivity contribution is -0.0203. The van der Waals surface area contributed by atoms with Gasteiger partial charge in [-0.05, 0) is 19.9 Å². The predicted octanol–water partition coefficient (Wildman–Crippen LogP) is 0.459. The normalized spacial score (nSPS) is 31.6. The smallest absolute Gasteiger partial charge is 0.0826 e. The molecule has 0 aromatic heterocycles. The Kier molecular flexibility index (Phi) is 3.19. The number of nitrogens with one attached hydrogen (secondary N) is 1. The lowest BCUT2D eigenvalue weighted by Crippen LogP contribution is -2.48. The first-order chi connectivity index (χ1) is 6.34. The van der Waals surface area contributed by atoms with Crippen molar-refractivity contribution in [2.75, 3.05) is 33.3 Å². The molecule has 2 aliphatic rings. The molecule has 1 aliphatic heterocycles. The molecule has 3 nitrogen and oxygen atoms in total. The molecule has 0 aromatic rings. The zero-order valence-corrected chi connectivity index (χ0v) is 8.46. The van der Waals surface area contributed by atoms with Gasteiger partial charge in [0.05, 0.1) is 12.7 Å². The minimum Gasteiger partial charge on any atom is -0.374 e. The van der Waals surface area contributed by atoms with E-state index in [1.165, 1.54) is 19.3 Å². The summed E-state index contributed by atoms with van der Waals surface area (Å²) in [5.41, 5.74) is 0. The van der Waals surface area contributed by atoms with Crippen molar-refractivity contribution in [2.24, 2.45) is 0 Å². The zero-order valence-electron chi connectivity index (χ0n) is 8.46. The van der Waals surface area contributed by atoms with Crippen LogP contribution in [-0.2, 0) is 4.74 Å². The van der Waals surface area contributed by atoms with E-state index in [4.69, 9.17) is 4.74 Å². The van der Waals surface area contributed by atoms with Crippen LogP contribution in [-0.4, -0.2) is 50.3 Å². The third kappa shape index (κ3) is 2.66. The van der Waals surface area contributed by atoms with Crippen LogP contribution in [0.2, 0.25) is 0 Å². The summed E-state index contributed by atoms with van der Waals surface area (Å²) in [6.07, 6.45) is 4.55. The van der Waals surface area contributed by atoms with Crippen LogP contribution in [0.3, 0.4) is 0 Å². The largest absolute Gasteiger partial charge is 0.374 e. The van der Waals surface area contributed by atoms with Crippen molar-refractivity contribution in [3.8, 4) is 0 Å². The quantitative estimate of drug-likeness (QED) is 0.689. The van der Waals surface area contributed by atoms with Gasteiger partial charge in [-0.25, -0.2) is 0 Å². The summed E-state index contributed by atoms with van der Waals surface area (Å²) in [5.74, 6) is 0. The highest BCUT2D eigenvalue weighted by molar-refractivity contribution is 4.79. The Labute approximate surface area is 80.4 Å². The monoisotopic (exact) mass is 184 g/mol. The van der Waals surface area contributed by atoms with E-state index < -0.39 is 0 Å². The molecule has 76 valence electrons. The highest BCUT2D eigenvalue weighted by atomic mass is 16.5. The number of rotatable bonds is 3. The van der Waals surface area contributed by atoms with Gasteiger partial charge in [-0.3, -0.25) is 0 Å². The van der Waals surface area contributed by atoms with Gasteiger partial charge in [0.25, 0.3) is 0 Å². The van der Waals surface area contributed by atoms with Gasteiger partial charge >= 0.3 is 0 Å². The number of nitrogens with zero attached hydrogens (tertiary/aromatic N) is 1. The first-order valence-electron chi connectivity index (χ1n) is 5.38. The lowest BCUT2D eigenvalue weighted by Gasteiger charge is -2.33. The van der Waals surface area contributed by atoms with Crippen LogP contribution in [0, 0.1) is 0 Å². The molecule has 2 fully saturated rings. The summed E-state index contributed by atoms with van der Waals surface area (Å²) < 4.78 is 5.66. The molecule has 2 rings (SSSR count). The van der Waals surface area contributed by atoms with Crippen molar-refractivity contribution >= 4 is 0 Å². The fourth-order valence-corrected chi connectivity index (χ4v) is 1.90. The van der Waals surface area contributed by atoms with Crippen LogP contribution in [0.5, 0.6) is 0 Å². The molecule has 0 aromatic carbocycles. The van der Waals surface area contributed by atoms with Crippen LogP contribution in [0.4, 0.5) is 0 Å². The van der Waals surface area contributed by atoms with Gasteiger partial charge in [0.2, 0.25) is 0 Å². The van der Waals surface area contributed by atoms with Crippen LogP contribution in [0.15, 0.2) is 0 Å². The summed E-state index contributed by atoms with van der Waals surface area (Å²) >= 11 is 0. The molecule has 13 heavy (non-hydrogen) atoms. The van der Waals surface area contributed by atoms with Crippen molar-refractivity contribution in [3.63, 3.8) is 0 Å². The van der Waals surface area contributed by atoms with E-state index in [1.807, 2.05) is 0 Å². The molecule has 1 aliphatic carbocycles. The van der Waals surface area contributed by atoms with E-state index in [9.17, 15) is 0 Å². The second-order valence-corrected chi connectivity index (χ2v) is 4.29. The fourth-order valence-electron chi connectivity index (χ4n) is 1.90. The molecule has 1 atom stereocenters. The van der Waals surface area contributed by atoms with Crippen LogP contribution >= 0.6 is 0 Å². The molecular formula is C10H20N2O. The summed E-state index contributed by atoms with van der Waals surface area (Å²) in [4.78, 5) is 2.34. The maximum Gasteiger partial charge on any atom is 0.0826 e. The Bertz CT molecular complexity index is 159. The third-order valence-electron chi connectivity index (χ3n) is 3.08. The van der Waals surface area contributed by atoms with Gasteiger partial charge in [-0.1, -0.05) is 6.42 Å². The Hall–Kier alpha value is -0.120. The molecule has 1 N–H and O–H groups in total. The minimum atomic E-state index is 0.416. The Morgan fingerprint density at radius 3 is 2.92 bits per heavy atom. The Morgan fingerprint density at radius 2 is 2.31 bits per heavy atom. The van der Waals surface area contributed by atoms with E-state index in [2.05, 4.69) is 17.3 Å². The minimum absolute atomic E-state index is 0.416. The molecular weight excluding hydrogens is 164 g/mol. The summed E-state index contributed by atoms with van der Waals surface area (Å²) in [6.45, 7) is 4.10. The highest BCUT2D eigenvalue weighted by Crippen LogP contribution is 2.18. The van der Waals surface area contributed by atoms with E-state index in [0.29, 0.717) is 6.10 Å². The molecule has 0 spiro atoms. The molecule has 0 unspecified atom stereocenters. The van der Waals surface area contributed by atoms with Gasteiger partial charge < -0.3 is 15.0 Å². The molecule has 0 bridgehead atoms. The fraction of sp³-hybridized carbons (Fsp3) is 1.00. The standard InChI is InChI=1S/C10H20N2O/c1-12-5-6-13-10(8-12)7-11-9-3-2-4-9/h9-11H,2-8H2,1H3/t10-/m0/s1. The maximum atomic E-state index is 5.66. The van der Waals surface area contributed by atoms with Crippen molar-refractivity contribution in [3.05, 3.63) is 0 Å². The van der Waals surface area contributed by atoms with Crippen LogP contribution in [0.25, 0.3) is 0 Å². The van der Waals surface area contributed by atoms with Crippen LogP contribution < -0.4 is 5.32 Å². The van der Waals surface area contributed by atoms with E-state index in [0.717, 1.165) is 32.3 Å². The molecule has 0 radical (unpaired) electrons. The van der Waals surface area contributed by atoms with Gasteiger partial charge in [-0.2, -0.15) is 0 Å². The molecule has 1 saturated carbocycles. The molecule has 1 saturated heterocycles. The predicted molar refractivity (Wildman–Crippen MR) is 52.9 cm³/mol. The van der Waals surface area contributed by atoms with Crippen molar-refractivity contribution in [2.45, 2.75) is 31.4 Å². The first kappa shape index (κ1) is 9.44. The van der Waals surface area contributed by atoms with Crippen LogP contribution in [0.1, 0.15) is 19.3 Å². The highest BCUT2D eigenvalue weighted by Gasteiger charge is 2.21. The van der Waals surface area contributed by atoms with Crippen molar-refractivity contribution < 1.29 is 4.74 Å². The zero-order chi connectivity index (χ0) is 9.10. The number of ether oxygens (including phenoxy) is 1. The second kappa shape index (κ2) is 4.40. The average Bonchev–Trinajstić information content (AvgIpc) is 2.01. The molecule has 3 heteroatoms. The number of morpholine rings is 1. The van der Waals surface area contributed by atoms with E-state index in [1.54, 1.807) is 0 Å². The first-order valence-corrected chi connectivity index (χ1v) is 5.38. The maximum absolute atomic E-state index is 5.66. The van der Waals surface area contributed by atoms with E-state index >= 15 is 0 Å². The second-order valence-electron chi connectivity index (χ2n) is 4.29. The number of hydrogen-bond donors (Lipinski definition) is 1. The third-order valence-corrected chi connectivity index (χ3v) is 3.08. The number of hydrogen-bond acceptors (Lipinski definition) is 3. The van der Waals surface area contributed by atoms with Gasteiger partial charge in [0.1, 0.15) is 0 Å². The van der Waals surface area contributed by atoms with Crippen molar-refractivity contribution in [1.29, 1.82) is 0 Å². The summed E-state index contributed by atoms with van der Waals surface area (Å²) in [6, 6.07) is 0.788. The summed E-state index contributed by atoms with van der Waals surface area (Å²) in [5, 5.41) is 3.56. The topological polar surface area (TPSA) is 24.5 Å². The average molecular weight is 184 g/mol.